The zero-order valence-corrected chi connectivity index (χ0v) is 14.5. The Morgan fingerprint density at radius 3 is 2.43 bits per heavy atom. The standard InChI is InChI=1S/C18H25N3OS/c1-23-14-15-4-6-16(7-5-15)19-18(22)21-12-8-17(9-13-21)20-10-2-3-11-20/h2-7,17H,8-14H2,1H3,(H,19,22). The van der Waals surface area contributed by atoms with Gasteiger partial charge in [0.1, 0.15) is 0 Å². The molecular formula is C18H25N3OS. The van der Waals surface area contributed by atoms with Crippen LogP contribution in [0.25, 0.3) is 0 Å². The Balaban J connectivity index is 1.47. The maximum atomic E-state index is 12.4. The van der Waals surface area contributed by atoms with Crippen LogP contribution in [0.3, 0.4) is 0 Å². The number of likely N-dealkylation sites (tertiary alicyclic amines) is 1. The molecule has 0 bridgehead atoms. The summed E-state index contributed by atoms with van der Waals surface area (Å²) in [6.45, 7) is 3.83. The van der Waals surface area contributed by atoms with Crippen LogP contribution in [0.15, 0.2) is 36.4 Å². The van der Waals surface area contributed by atoms with E-state index in [-0.39, 0.29) is 6.03 Å². The van der Waals surface area contributed by atoms with E-state index in [9.17, 15) is 4.79 Å². The average molecular weight is 331 g/mol. The van der Waals surface area contributed by atoms with Crippen molar-refractivity contribution < 1.29 is 4.79 Å². The molecule has 4 nitrogen and oxygen atoms in total. The van der Waals surface area contributed by atoms with E-state index < -0.39 is 0 Å². The Bertz CT molecular complexity index is 542. The number of urea groups is 1. The van der Waals surface area contributed by atoms with Gasteiger partial charge in [-0.1, -0.05) is 24.3 Å². The van der Waals surface area contributed by atoms with E-state index >= 15 is 0 Å². The Morgan fingerprint density at radius 2 is 1.83 bits per heavy atom. The number of hydrogen-bond acceptors (Lipinski definition) is 3. The molecule has 1 aromatic rings. The summed E-state index contributed by atoms with van der Waals surface area (Å²) in [6, 6.07) is 8.80. The second-order valence-electron chi connectivity index (χ2n) is 6.20. The molecule has 2 aliphatic rings. The molecule has 2 aliphatic heterocycles. The van der Waals surface area contributed by atoms with E-state index in [0.29, 0.717) is 6.04 Å². The number of thioether (sulfide) groups is 1. The fourth-order valence-electron chi connectivity index (χ4n) is 3.28. The zero-order valence-electron chi connectivity index (χ0n) is 13.7. The highest BCUT2D eigenvalue weighted by atomic mass is 32.2. The summed E-state index contributed by atoms with van der Waals surface area (Å²) in [7, 11) is 0. The molecule has 0 unspecified atom stereocenters. The molecular weight excluding hydrogens is 306 g/mol. The van der Waals surface area contributed by atoms with E-state index in [1.165, 1.54) is 5.56 Å². The van der Waals surface area contributed by atoms with Gasteiger partial charge in [-0.25, -0.2) is 4.79 Å². The second-order valence-corrected chi connectivity index (χ2v) is 7.07. The Morgan fingerprint density at radius 1 is 1.17 bits per heavy atom. The number of nitrogens with zero attached hydrogens (tertiary/aromatic N) is 2. The van der Waals surface area contributed by atoms with Crippen LogP contribution in [-0.4, -0.2) is 54.3 Å². The number of amides is 2. The van der Waals surface area contributed by atoms with Crippen molar-refractivity contribution in [2.45, 2.75) is 24.6 Å². The van der Waals surface area contributed by atoms with Crippen LogP contribution in [0.5, 0.6) is 0 Å². The molecule has 0 atom stereocenters. The van der Waals surface area contributed by atoms with Crippen LogP contribution in [0, 0.1) is 0 Å². The van der Waals surface area contributed by atoms with Crippen molar-refractivity contribution in [2.24, 2.45) is 0 Å². The third-order valence-corrected chi connectivity index (χ3v) is 5.25. The van der Waals surface area contributed by atoms with Crippen LogP contribution in [0.2, 0.25) is 0 Å². The van der Waals surface area contributed by atoms with Gasteiger partial charge in [0.05, 0.1) is 0 Å². The van der Waals surface area contributed by atoms with E-state index in [0.717, 1.165) is 50.5 Å². The molecule has 0 radical (unpaired) electrons. The topological polar surface area (TPSA) is 35.6 Å². The second kappa shape index (κ2) is 7.88. The predicted molar refractivity (Wildman–Crippen MR) is 98.0 cm³/mol. The van der Waals surface area contributed by atoms with Crippen molar-refractivity contribution in [1.82, 2.24) is 9.80 Å². The van der Waals surface area contributed by atoms with Gasteiger partial charge < -0.3 is 10.2 Å². The highest BCUT2D eigenvalue weighted by molar-refractivity contribution is 7.97. The number of piperidine rings is 1. The van der Waals surface area contributed by atoms with Crippen molar-refractivity contribution in [3.8, 4) is 0 Å². The van der Waals surface area contributed by atoms with Gasteiger partial charge in [-0.2, -0.15) is 11.8 Å². The third kappa shape index (κ3) is 4.30. The smallest absolute Gasteiger partial charge is 0.321 e. The largest absolute Gasteiger partial charge is 0.324 e. The van der Waals surface area contributed by atoms with Crippen molar-refractivity contribution >= 4 is 23.5 Å². The predicted octanol–water partition coefficient (Wildman–Crippen LogP) is 3.42. The minimum absolute atomic E-state index is 0.0283. The first-order valence-corrected chi connectivity index (χ1v) is 9.68. The van der Waals surface area contributed by atoms with Gasteiger partial charge in [0.2, 0.25) is 0 Å². The van der Waals surface area contributed by atoms with Crippen LogP contribution in [-0.2, 0) is 5.75 Å². The van der Waals surface area contributed by atoms with Gasteiger partial charge in [-0.15, -0.1) is 0 Å². The highest BCUT2D eigenvalue weighted by Gasteiger charge is 2.26. The number of nitrogens with one attached hydrogen (secondary N) is 1. The Labute approximate surface area is 142 Å². The zero-order chi connectivity index (χ0) is 16.1. The summed E-state index contributed by atoms with van der Waals surface area (Å²) < 4.78 is 0. The summed E-state index contributed by atoms with van der Waals surface area (Å²) >= 11 is 1.80. The third-order valence-electron chi connectivity index (χ3n) is 4.63. The van der Waals surface area contributed by atoms with Crippen molar-refractivity contribution in [2.75, 3.05) is 37.8 Å². The molecule has 0 aliphatic carbocycles. The van der Waals surface area contributed by atoms with Gasteiger partial charge in [-0.3, -0.25) is 4.90 Å². The van der Waals surface area contributed by atoms with Gasteiger partial charge in [-0.05, 0) is 36.8 Å². The quantitative estimate of drug-likeness (QED) is 0.859. The first kappa shape index (κ1) is 16.4. The number of carbonyl (C=O) groups is 1. The lowest BCUT2D eigenvalue weighted by Gasteiger charge is -2.36. The normalized spacial score (nSPS) is 19.3. The van der Waals surface area contributed by atoms with Crippen LogP contribution < -0.4 is 5.32 Å². The highest BCUT2D eigenvalue weighted by Crippen LogP contribution is 2.20. The van der Waals surface area contributed by atoms with E-state index in [4.69, 9.17) is 0 Å². The Kier molecular flexibility index (Phi) is 5.62. The molecule has 2 heterocycles. The number of anilines is 1. The molecule has 1 saturated heterocycles. The maximum absolute atomic E-state index is 12.4. The number of carbonyl (C=O) groups excluding carboxylic acids is 1. The molecule has 0 spiro atoms. The summed E-state index contributed by atoms with van der Waals surface area (Å²) in [4.78, 5) is 16.8. The number of benzene rings is 1. The fraction of sp³-hybridized carbons (Fsp3) is 0.500. The first-order valence-electron chi connectivity index (χ1n) is 8.29. The van der Waals surface area contributed by atoms with Gasteiger partial charge in [0.15, 0.2) is 0 Å². The molecule has 23 heavy (non-hydrogen) atoms. The molecule has 0 aromatic heterocycles. The monoisotopic (exact) mass is 331 g/mol. The van der Waals surface area contributed by atoms with Crippen LogP contribution in [0.1, 0.15) is 18.4 Å². The number of hydrogen-bond donors (Lipinski definition) is 1. The minimum atomic E-state index is 0.0283. The molecule has 2 amide bonds. The summed E-state index contributed by atoms with van der Waals surface area (Å²) in [6.07, 6.45) is 8.71. The van der Waals surface area contributed by atoms with Gasteiger partial charge >= 0.3 is 6.03 Å². The SMILES string of the molecule is CSCc1ccc(NC(=O)N2CCC(N3CC=CC3)CC2)cc1. The van der Waals surface area contributed by atoms with Crippen LogP contribution in [0.4, 0.5) is 10.5 Å². The average Bonchev–Trinajstić information content (AvgIpc) is 3.11. The summed E-state index contributed by atoms with van der Waals surface area (Å²) in [5.74, 6) is 1.01. The Hall–Kier alpha value is -1.46. The van der Waals surface area contributed by atoms with E-state index in [1.54, 1.807) is 11.8 Å². The van der Waals surface area contributed by atoms with Gasteiger partial charge in [0, 0.05) is 43.7 Å². The van der Waals surface area contributed by atoms with E-state index in [1.807, 2.05) is 17.0 Å². The molecule has 1 aromatic carbocycles. The minimum Gasteiger partial charge on any atom is -0.324 e. The summed E-state index contributed by atoms with van der Waals surface area (Å²) in [5.41, 5.74) is 2.17. The fourth-order valence-corrected chi connectivity index (χ4v) is 3.81. The summed E-state index contributed by atoms with van der Waals surface area (Å²) in [5, 5.41) is 3.02. The van der Waals surface area contributed by atoms with Crippen molar-refractivity contribution in [1.29, 1.82) is 0 Å². The molecule has 1 fully saturated rings. The molecule has 5 heteroatoms. The molecule has 0 saturated carbocycles. The van der Waals surface area contributed by atoms with Gasteiger partial charge in [0.25, 0.3) is 0 Å². The first-order chi connectivity index (χ1) is 11.3. The molecule has 1 N–H and O–H groups in total. The van der Waals surface area contributed by atoms with Crippen molar-refractivity contribution in [3.05, 3.63) is 42.0 Å². The number of rotatable bonds is 4. The molecule has 124 valence electrons. The molecule has 3 rings (SSSR count). The van der Waals surface area contributed by atoms with E-state index in [2.05, 4.69) is 40.8 Å². The lowest BCUT2D eigenvalue weighted by atomic mass is 10.0. The lowest BCUT2D eigenvalue weighted by molar-refractivity contribution is 0.144. The van der Waals surface area contributed by atoms with Crippen molar-refractivity contribution in [3.63, 3.8) is 0 Å². The lowest BCUT2D eigenvalue weighted by Crippen LogP contribution is -2.47. The maximum Gasteiger partial charge on any atom is 0.321 e. The van der Waals surface area contributed by atoms with Crippen LogP contribution >= 0.6 is 11.8 Å².